The highest BCUT2D eigenvalue weighted by Crippen LogP contribution is 2.34. The molecular formula is C8H5Br2ClO2. The number of phenols is 1. The van der Waals surface area contributed by atoms with Crippen LogP contribution >= 0.6 is 43.5 Å². The molecule has 2 nitrogen and oxygen atoms in total. The molecule has 1 N–H and O–H groups in total. The standard InChI is InChI=1S/C8H5Br2ClO2/c9-3-6(12)4-1-2-5(11)8(13)7(4)10/h1-2,13H,3H2. The number of carbonyl (C=O) groups is 1. The molecule has 0 heterocycles. The van der Waals surface area contributed by atoms with E-state index in [4.69, 9.17) is 11.6 Å². The number of alkyl halides is 1. The van der Waals surface area contributed by atoms with Gasteiger partial charge in [-0.15, -0.1) is 0 Å². The van der Waals surface area contributed by atoms with Gasteiger partial charge in [0.05, 0.1) is 14.8 Å². The van der Waals surface area contributed by atoms with Crippen LogP contribution < -0.4 is 0 Å². The van der Waals surface area contributed by atoms with E-state index in [0.29, 0.717) is 10.0 Å². The minimum Gasteiger partial charge on any atom is -0.505 e. The van der Waals surface area contributed by atoms with Crippen molar-refractivity contribution >= 4 is 49.2 Å². The zero-order chi connectivity index (χ0) is 10.0. The normalized spacial score (nSPS) is 10.1. The molecule has 0 bridgehead atoms. The van der Waals surface area contributed by atoms with Gasteiger partial charge in [0.2, 0.25) is 0 Å². The molecule has 0 amide bonds. The van der Waals surface area contributed by atoms with Crippen LogP contribution in [0.5, 0.6) is 5.75 Å². The topological polar surface area (TPSA) is 37.3 Å². The average molecular weight is 328 g/mol. The maximum absolute atomic E-state index is 11.3. The Labute approximate surface area is 97.2 Å². The number of hydrogen-bond donors (Lipinski definition) is 1. The molecular weight excluding hydrogens is 323 g/mol. The summed E-state index contributed by atoms with van der Waals surface area (Å²) < 4.78 is 0.337. The molecule has 0 saturated carbocycles. The van der Waals surface area contributed by atoms with E-state index in [1.165, 1.54) is 6.07 Å². The summed E-state index contributed by atoms with van der Waals surface area (Å²) in [6.07, 6.45) is 0. The monoisotopic (exact) mass is 326 g/mol. The molecule has 0 fully saturated rings. The summed E-state index contributed by atoms with van der Waals surface area (Å²) in [6.45, 7) is 0. The van der Waals surface area contributed by atoms with E-state index in [2.05, 4.69) is 31.9 Å². The van der Waals surface area contributed by atoms with Crippen LogP contribution in [0, 0.1) is 0 Å². The molecule has 0 aliphatic carbocycles. The summed E-state index contributed by atoms with van der Waals surface area (Å²) in [5.41, 5.74) is 0.416. The Kier molecular flexibility index (Phi) is 3.76. The van der Waals surface area contributed by atoms with Crippen molar-refractivity contribution in [2.45, 2.75) is 0 Å². The Hall–Kier alpha value is -0.0600. The second-order valence-corrected chi connectivity index (χ2v) is 4.08. The predicted octanol–water partition coefficient (Wildman–Crippen LogP) is 3.39. The Bertz CT molecular complexity index is 352. The predicted molar refractivity (Wildman–Crippen MR) is 58.9 cm³/mol. The lowest BCUT2D eigenvalue weighted by molar-refractivity contribution is 0.102. The van der Waals surface area contributed by atoms with Crippen LogP contribution in [0.3, 0.4) is 0 Å². The fourth-order valence-electron chi connectivity index (χ4n) is 0.828. The van der Waals surface area contributed by atoms with Gasteiger partial charge >= 0.3 is 0 Å². The van der Waals surface area contributed by atoms with Crippen molar-refractivity contribution in [1.82, 2.24) is 0 Å². The number of rotatable bonds is 2. The Morgan fingerprint density at radius 3 is 2.69 bits per heavy atom. The molecule has 5 heteroatoms. The lowest BCUT2D eigenvalue weighted by Crippen LogP contribution is -2.00. The van der Waals surface area contributed by atoms with Crippen molar-refractivity contribution in [1.29, 1.82) is 0 Å². The van der Waals surface area contributed by atoms with Gasteiger partial charge in [-0.05, 0) is 28.1 Å². The molecule has 0 saturated heterocycles. The summed E-state index contributed by atoms with van der Waals surface area (Å²) in [4.78, 5) is 11.3. The Balaban J connectivity index is 3.26. The number of hydrogen-bond acceptors (Lipinski definition) is 2. The molecule has 0 aliphatic heterocycles. The number of benzene rings is 1. The first-order chi connectivity index (χ1) is 6.07. The van der Waals surface area contributed by atoms with Gasteiger partial charge in [0.15, 0.2) is 5.78 Å². The summed E-state index contributed by atoms with van der Waals surface area (Å²) in [6, 6.07) is 3.05. The molecule has 0 spiro atoms. The Morgan fingerprint density at radius 2 is 2.15 bits per heavy atom. The van der Waals surface area contributed by atoms with Crippen molar-refractivity contribution in [3.8, 4) is 5.75 Å². The van der Waals surface area contributed by atoms with Crippen molar-refractivity contribution in [2.75, 3.05) is 5.33 Å². The fourth-order valence-corrected chi connectivity index (χ4v) is 1.97. The van der Waals surface area contributed by atoms with Gasteiger partial charge in [-0.2, -0.15) is 0 Å². The highest BCUT2D eigenvalue weighted by atomic mass is 79.9. The minimum atomic E-state index is -0.112. The highest BCUT2D eigenvalue weighted by Gasteiger charge is 2.13. The minimum absolute atomic E-state index is 0.103. The molecule has 0 aliphatic rings. The van der Waals surface area contributed by atoms with E-state index in [0.717, 1.165) is 0 Å². The first kappa shape index (κ1) is 11.0. The van der Waals surface area contributed by atoms with Gasteiger partial charge in [-0.1, -0.05) is 27.5 Å². The largest absolute Gasteiger partial charge is 0.505 e. The van der Waals surface area contributed by atoms with Crippen LogP contribution in [0.4, 0.5) is 0 Å². The first-order valence-electron chi connectivity index (χ1n) is 3.34. The molecule has 0 radical (unpaired) electrons. The molecule has 0 unspecified atom stereocenters. The van der Waals surface area contributed by atoms with E-state index in [9.17, 15) is 9.90 Å². The van der Waals surface area contributed by atoms with E-state index in [1.54, 1.807) is 6.07 Å². The van der Waals surface area contributed by atoms with Crippen LogP contribution in [0.2, 0.25) is 5.02 Å². The van der Waals surface area contributed by atoms with Gasteiger partial charge in [-0.3, -0.25) is 4.79 Å². The molecule has 0 atom stereocenters. The van der Waals surface area contributed by atoms with E-state index in [-0.39, 0.29) is 21.9 Å². The number of halogens is 3. The van der Waals surface area contributed by atoms with Gasteiger partial charge < -0.3 is 5.11 Å². The van der Waals surface area contributed by atoms with Crippen molar-refractivity contribution in [3.05, 3.63) is 27.2 Å². The number of carbonyl (C=O) groups excluding carboxylic acids is 1. The van der Waals surface area contributed by atoms with Crippen LogP contribution in [0.25, 0.3) is 0 Å². The molecule has 1 aromatic carbocycles. The number of ketones is 1. The van der Waals surface area contributed by atoms with E-state index >= 15 is 0 Å². The summed E-state index contributed by atoms with van der Waals surface area (Å²) in [7, 11) is 0. The average Bonchev–Trinajstić information content (AvgIpc) is 2.13. The van der Waals surface area contributed by atoms with Crippen LogP contribution in [0.15, 0.2) is 16.6 Å². The summed E-state index contributed by atoms with van der Waals surface area (Å²) in [5, 5.41) is 9.82. The van der Waals surface area contributed by atoms with Crippen molar-refractivity contribution < 1.29 is 9.90 Å². The van der Waals surface area contributed by atoms with Gasteiger partial charge in [0.1, 0.15) is 5.75 Å². The zero-order valence-electron chi connectivity index (χ0n) is 6.35. The first-order valence-corrected chi connectivity index (χ1v) is 5.63. The van der Waals surface area contributed by atoms with E-state index < -0.39 is 0 Å². The van der Waals surface area contributed by atoms with Gasteiger partial charge in [-0.25, -0.2) is 0 Å². The second kappa shape index (κ2) is 4.44. The molecule has 1 aromatic rings. The zero-order valence-corrected chi connectivity index (χ0v) is 10.3. The van der Waals surface area contributed by atoms with Crippen LogP contribution in [-0.2, 0) is 0 Å². The lowest BCUT2D eigenvalue weighted by Gasteiger charge is -2.04. The van der Waals surface area contributed by atoms with Crippen LogP contribution in [-0.4, -0.2) is 16.2 Å². The van der Waals surface area contributed by atoms with Crippen molar-refractivity contribution in [2.24, 2.45) is 0 Å². The van der Waals surface area contributed by atoms with Crippen LogP contribution in [0.1, 0.15) is 10.4 Å². The third-order valence-corrected chi connectivity index (χ3v) is 3.11. The highest BCUT2D eigenvalue weighted by molar-refractivity contribution is 9.10. The third kappa shape index (κ3) is 2.24. The summed E-state index contributed by atoms with van der Waals surface area (Å²) in [5.74, 6) is -0.215. The quantitative estimate of drug-likeness (QED) is 0.667. The summed E-state index contributed by atoms with van der Waals surface area (Å²) >= 11 is 11.8. The lowest BCUT2D eigenvalue weighted by atomic mass is 10.1. The number of phenolic OH excluding ortho intramolecular Hbond substituents is 1. The van der Waals surface area contributed by atoms with Crippen molar-refractivity contribution in [3.63, 3.8) is 0 Å². The van der Waals surface area contributed by atoms with E-state index in [1.807, 2.05) is 0 Å². The molecule has 13 heavy (non-hydrogen) atoms. The van der Waals surface area contributed by atoms with Gasteiger partial charge in [0, 0.05) is 5.56 Å². The number of Topliss-reactive ketones (excluding diaryl/α,β-unsaturated/α-hetero) is 1. The number of aromatic hydroxyl groups is 1. The molecule has 0 aromatic heterocycles. The second-order valence-electron chi connectivity index (χ2n) is 2.31. The Morgan fingerprint density at radius 1 is 1.54 bits per heavy atom. The maximum atomic E-state index is 11.3. The van der Waals surface area contributed by atoms with Gasteiger partial charge in [0.25, 0.3) is 0 Å². The molecule has 70 valence electrons. The smallest absolute Gasteiger partial charge is 0.174 e. The molecule has 1 rings (SSSR count). The fraction of sp³-hybridized carbons (Fsp3) is 0.125. The SMILES string of the molecule is O=C(CBr)c1ccc(Cl)c(O)c1Br. The third-order valence-electron chi connectivity index (χ3n) is 1.49. The maximum Gasteiger partial charge on any atom is 0.174 e.